The van der Waals surface area contributed by atoms with Crippen molar-refractivity contribution in [1.29, 1.82) is 0 Å². The minimum Gasteiger partial charge on any atom is -0.493 e. The zero-order chi connectivity index (χ0) is 19.4. The Bertz CT molecular complexity index is 909. The van der Waals surface area contributed by atoms with Crippen molar-refractivity contribution in [3.63, 3.8) is 0 Å². The van der Waals surface area contributed by atoms with Crippen LogP contribution in [0.25, 0.3) is 11.5 Å². The Morgan fingerprint density at radius 1 is 1.11 bits per heavy atom. The van der Waals surface area contributed by atoms with Crippen LogP contribution >= 0.6 is 0 Å². The normalized spacial score (nSPS) is 11.0. The first-order valence-corrected chi connectivity index (χ1v) is 8.72. The lowest BCUT2D eigenvalue weighted by atomic mass is 10.2. The Morgan fingerprint density at radius 2 is 1.85 bits per heavy atom. The summed E-state index contributed by atoms with van der Waals surface area (Å²) < 4.78 is 21.8. The summed E-state index contributed by atoms with van der Waals surface area (Å²) in [7, 11) is 0. The molecule has 0 aliphatic carbocycles. The van der Waals surface area contributed by atoms with Gasteiger partial charge in [-0.05, 0) is 50.1 Å². The van der Waals surface area contributed by atoms with Crippen LogP contribution in [0.3, 0.4) is 0 Å². The van der Waals surface area contributed by atoms with Gasteiger partial charge in [0.2, 0.25) is 0 Å². The maximum absolute atomic E-state index is 12.2. The summed E-state index contributed by atoms with van der Waals surface area (Å²) in [6, 6.07) is 8.63. The molecule has 2 heterocycles. The zero-order valence-corrected chi connectivity index (χ0v) is 15.8. The van der Waals surface area contributed by atoms with E-state index >= 15 is 0 Å². The number of carbonyl (C=O) groups is 1. The van der Waals surface area contributed by atoms with Crippen molar-refractivity contribution in [2.24, 2.45) is 5.92 Å². The number of benzene rings is 1. The highest BCUT2D eigenvalue weighted by Crippen LogP contribution is 2.25. The van der Waals surface area contributed by atoms with Crippen LogP contribution in [0, 0.1) is 19.8 Å². The van der Waals surface area contributed by atoms with E-state index in [0.29, 0.717) is 35.5 Å². The van der Waals surface area contributed by atoms with E-state index in [1.807, 2.05) is 19.9 Å². The molecule has 0 spiro atoms. The number of hydrogen-bond donors (Lipinski definition) is 0. The third kappa shape index (κ3) is 4.75. The largest absolute Gasteiger partial charge is 0.493 e. The molecule has 0 aliphatic heterocycles. The molecule has 0 bridgehead atoms. The highest BCUT2D eigenvalue weighted by molar-refractivity contribution is 5.89. The number of aromatic nitrogens is 2. The van der Waals surface area contributed by atoms with E-state index in [9.17, 15) is 4.79 Å². The van der Waals surface area contributed by atoms with Crippen LogP contribution in [0.2, 0.25) is 0 Å². The number of furan rings is 1. The predicted molar refractivity (Wildman–Crippen MR) is 97.4 cm³/mol. The lowest BCUT2D eigenvalue weighted by Gasteiger charge is -2.09. The number of hydrogen-bond acceptors (Lipinski definition) is 7. The van der Waals surface area contributed by atoms with Crippen molar-refractivity contribution in [3.8, 4) is 17.2 Å². The van der Waals surface area contributed by atoms with Gasteiger partial charge in [0.05, 0.1) is 17.7 Å². The molecule has 0 N–H and O–H groups in total. The van der Waals surface area contributed by atoms with E-state index in [0.717, 1.165) is 11.3 Å². The highest BCUT2D eigenvalue weighted by atomic mass is 16.5. The maximum atomic E-state index is 12.2. The topological polar surface area (TPSA) is 87.6 Å². The van der Waals surface area contributed by atoms with Crippen LogP contribution in [-0.4, -0.2) is 22.8 Å². The lowest BCUT2D eigenvalue weighted by molar-refractivity contribution is 0.0438. The Hall–Kier alpha value is -3.09. The first kappa shape index (κ1) is 18.7. The SMILES string of the molecule is Cc1cc(-c2nnc(COC(=O)c3ccc(OCC(C)C)cc3)o2)c(C)o1. The second-order valence-electron chi connectivity index (χ2n) is 6.63. The number of rotatable bonds is 7. The maximum Gasteiger partial charge on any atom is 0.338 e. The second kappa shape index (κ2) is 8.07. The smallest absolute Gasteiger partial charge is 0.338 e. The molecule has 0 atom stereocenters. The molecule has 1 aromatic carbocycles. The van der Waals surface area contributed by atoms with Crippen LogP contribution in [0.15, 0.2) is 39.2 Å². The fourth-order valence-corrected chi connectivity index (χ4v) is 2.42. The first-order chi connectivity index (χ1) is 12.9. The van der Waals surface area contributed by atoms with E-state index in [-0.39, 0.29) is 12.5 Å². The van der Waals surface area contributed by atoms with Gasteiger partial charge in [0.25, 0.3) is 11.8 Å². The third-order valence-electron chi connectivity index (χ3n) is 3.74. The van der Waals surface area contributed by atoms with Crippen molar-refractivity contribution in [2.75, 3.05) is 6.61 Å². The Morgan fingerprint density at radius 3 is 2.48 bits per heavy atom. The number of esters is 1. The standard InChI is InChI=1S/C20H22N2O5/c1-12(2)10-24-16-7-5-15(6-8-16)20(23)25-11-18-21-22-19(27-18)17-9-13(3)26-14(17)4/h5-9,12H,10-11H2,1-4H3. The molecule has 7 nitrogen and oxygen atoms in total. The van der Waals surface area contributed by atoms with Gasteiger partial charge in [-0.2, -0.15) is 0 Å². The van der Waals surface area contributed by atoms with Gasteiger partial charge in [-0.15, -0.1) is 10.2 Å². The first-order valence-electron chi connectivity index (χ1n) is 8.72. The van der Waals surface area contributed by atoms with Crippen LogP contribution in [0.4, 0.5) is 0 Å². The highest BCUT2D eigenvalue weighted by Gasteiger charge is 2.16. The van der Waals surface area contributed by atoms with Crippen molar-refractivity contribution < 1.29 is 23.1 Å². The minimum atomic E-state index is -0.472. The van der Waals surface area contributed by atoms with E-state index in [1.165, 1.54) is 0 Å². The van der Waals surface area contributed by atoms with Gasteiger partial charge in [0.1, 0.15) is 17.3 Å². The summed E-state index contributed by atoms with van der Waals surface area (Å²) in [6.07, 6.45) is 0. The molecule has 0 saturated carbocycles. The molecular weight excluding hydrogens is 348 g/mol. The molecule has 0 saturated heterocycles. The number of ether oxygens (including phenoxy) is 2. The molecule has 27 heavy (non-hydrogen) atoms. The molecular formula is C20H22N2O5. The average Bonchev–Trinajstić information content (AvgIpc) is 3.24. The molecule has 142 valence electrons. The van der Waals surface area contributed by atoms with Crippen molar-refractivity contribution in [1.82, 2.24) is 10.2 Å². The fourth-order valence-electron chi connectivity index (χ4n) is 2.42. The Labute approximate surface area is 157 Å². The molecule has 0 radical (unpaired) electrons. The predicted octanol–water partition coefficient (Wildman–Crippen LogP) is 4.34. The van der Waals surface area contributed by atoms with Crippen molar-refractivity contribution in [3.05, 3.63) is 53.3 Å². The number of aryl methyl sites for hydroxylation is 2. The van der Waals surface area contributed by atoms with E-state index in [2.05, 4.69) is 24.0 Å². The summed E-state index contributed by atoms with van der Waals surface area (Å²) in [5, 5.41) is 7.88. The summed E-state index contributed by atoms with van der Waals surface area (Å²) in [5.74, 6) is 2.68. The quantitative estimate of drug-likeness (QED) is 0.572. The average molecular weight is 370 g/mol. The van der Waals surface area contributed by atoms with Crippen molar-refractivity contribution in [2.45, 2.75) is 34.3 Å². The summed E-state index contributed by atoms with van der Waals surface area (Å²) in [6.45, 7) is 8.33. The van der Waals surface area contributed by atoms with Crippen molar-refractivity contribution >= 4 is 5.97 Å². The molecule has 2 aromatic heterocycles. The number of nitrogens with zero attached hydrogens (tertiary/aromatic N) is 2. The summed E-state index contributed by atoms with van der Waals surface area (Å²) in [4.78, 5) is 12.2. The molecule has 3 aromatic rings. The van der Waals surface area contributed by atoms with Crippen LogP contribution in [0.5, 0.6) is 5.75 Å². The Balaban J connectivity index is 1.57. The van der Waals surface area contributed by atoms with Gasteiger partial charge in [0.15, 0.2) is 6.61 Å². The third-order valence-corrected chi connectivity index (χ3v) is 3.74. The fraction of sp³-hybridized carbons (Fsp3) is 0.350. The zero-order valence-electron chi connectivity index (χ0n) is 15.8. The summed E-state index contributed by atoms with van der Waals surface area (Å²) in [5.41, 5.74) is 1.16. The van der Waals surface area contributed by atoms with Crippen LogP contribution in [0.1, 0.15) is 41.6 Å². The molecule has 0 fully saturated rings. The minimum absolute atomic E-state index is 0.104. The molecule has 0 amide bonds. The molecule has 3 rings (SSSR count). The molecule has 7 heteroatoms. The molecule has 0 aliphatic rings. The molecule has 0 unspecified atom stereocenters. The van der Waals surface area contributed by atoms with E-state index in [4.69, 9.17) is 18.3 Å². The second-order valence-corrected chi connectivity index (χ2v) is 6.63. The van der Waals surface area contributed by atoms with Crippen LogP contribution < -0.4 is 4.74 Å². The van der Waals surface area contributed by atoms with E-state index < -0.39 is 5.97 Å². The Kier molecular flexibility index (Phi) is 5.59. The number of carbonyl (C=O) groups excluding carboxylic acids is 1. The van der Waals surface area contributed by atoms with Gasteiger partial charge in [-0.3, -0.25) is 0 Å². The van der Waals surface area contributed by atoms with Gasteiger partial charge in [0, 0.05) is 0 Å². The van der Waals surface area contributed by atoms with Gasteiger partial charge in [-0.25, -0.2) is 4.79 Å². The monoisotopic (exact) mass is 370 g/mol. The van der Waals surface area contributed by atoms with Gasteiger partial charge in [-0.1, -0.05) is 13.8 Å². The van der Waals surface area contributed by atoms with Gasteiger partial charge >= 0.3 is 5.97 Å². The van der Waals surface area contributed by atoms with E-state index in [1.54, 1.807) is 24.3 Å². The lowest BCUT2D eigenvalue weighted by Crippen LogP contribution is -2.07. The van der Waals surface area contributed by atoms with Crippen LogP contribution in [-0.2, 0) is 11.3 Å². The van der Waals surface area contributed by atoms with Gasteiger partial charge < -0.3 is 18.3 Å². The summed E-state index contributed by atoms with van der Waals surface area (Å²) >= 11 is 0.